The van der Waals surface area contributed by atoms with Gasteiger partial charge in [0.05, 0.1) is 11.9 Å². The Hall–Kier alpha value is -4.13. The van der Waals surface area contributed by atoms with Crippen molar-refractivity contribution in [3.05, 3.63) is 103 Å². The molecule has 0 spiro atoms. The molecule has 7 nitrogen and oxygen atoms in total. The Balaban J connectivity index is 1.28. The molecule has 2 amide bonds. The second kappa shape index (κ2) is 9.79. The van der Waals surface area contributed by atoms with Gasteiger partial charge in [-0.2, -0.15) is 5.10 Å². The minimum absolute atomic E-state index is 0.0564. The Morgan fingerprint density at radius 2 is 1.53 bits per heavy atom. The lowest BCUT2D eigenvalue weighted by atomic mass is 9.95. The molecule has 4 aromatic rings. The van der Waals surface area contributed by atoms with Crippen molar-refractivity contribution in [3.8, 4) is 11.5 Å². The summed E-state index contributed by atoms with van der Waals surface area (Å²) in [5, 5.41) is 7.57. The number of hydrogen-bond donors (Lipinski definition) is 1. The van der Waals surface area contributed by atoms with Crippen LogP contribution in [0.4, 0.5) is 0 Å². The smallest absolute Gasteiger partial charge is 0.259 e. The van der Waals surface area contributed by atoms with E-state index in [1.807, 2.05) is 94.7 Å². The number of benzene rings is 2. The zero-order valence-electron chi connectivity index (χ0n) is 18.9. The van der Waals surface area contributed by atoms with E-state index >= 15 is 0 Å². The molecular formula is C27H27N5O2. The Bertz CT molecular complexity index is 1240. The van der Waals surface area contributed by atoms with E-state index in [0.717, 1.165) is 11.3 Å². The maximum absolute atomic E-state index is 13.5. The third kappa shape index (κ3) is 4.50. The van der Waals surface area contributed by atoms with Crippen molar-refractivity contribution in [3.63, 3.8) is 0 Å². The summed E-state index contributed by atoms with van der Waals surface area (Å²) in [7, 11) is 0. The molecule has 1 aliphatic heterocycles. The van der Waals surface area contributed by atoms with Crippen molar-refractivity contribution in [1.29, 1.82) is 0 Å². The first-order chi connectivity index (χ1) is 16.7. The molecular weight excluding hydrogens is 426 g/mol. The predicted molar refractivity (Wildman–Crippen MR) is 130 cm³/mol. The summed E-state index contributed by atoms with van der Waals surface area (Å²) in [5.41, 5.74) is 2.52. The van der Waals surface area contributed by atoms with Crippen LogP contribution in [-0.2, 0) is 11.3 Å². The number of carbonyl (C=O) groups is 2. The maximum Gasteiger partial charge on any atom is 0.259 e. The summed E-state index contributed by atoms with van der Waals surface area (Å²) in [6.45, 7) is 1.62. The number of piperidine rings is 1. The van der Waals surface area contributed by atoms with Crippen LogP contribution in [0.3, 0.4) is 0 Å². The molecule has 0 aliphatic carbocycles. The van der Waals surface area contributed by atoms with Crippen molar-refractivity contribution in [2.24, 2.45) is 5.92 Å². The molecule has 172 valence electrons. The van der Waals surface area contributed by atoms with Crippen molar-refractivity contribution < 1.29 is 9.59 Å². The number of hydrogen-bond acceptors (Lipinski definition) is 3. The normalized spacial score (nSPS) is 14.2. The Morgan fingerprint density at radius 3 is 2.21 bits per heavy atom. The second-order valence-electron chi connectivity index (χ2n) is 8.49. The lowest BCUT2D eigenvalue weighted by Crippen LogP contribution is -2.43. The molecule has 0 bridgehead atoms. The summed E-state index contributed by atoms with van der Waals surface area (Å²) in [5.74, 6) is 0.627. The van der Waals surface area contributed by atoms with Crippen LogP contribution in [0.1, 0.15) is 28.8 Å². The zero-order chi connectivity index (χ0) is 23.3. The highest BCUT2D eigenvalue weighted by Gasteiger charge is 2.30. The summed E-state index contributed by atoms with van der Waals surface area (Å²) >= 11 is 0. The van der Waals surface area contributed by atoms with Gasteiger partial charge in [0.2, 0.25) is 5.91 Å². The molecule has 0 saturated carbocycles. The molecule has 1 N–H and O–H groups in total. The molecule has 3 heterocycles. The van der Waals surface area contributed by atoms with E-state index < -0.39 is 0 Å². The second-order valence-corrected chi connectivity index (χ2v) is 8.49. The van der Waals surface area contributed by atoms with Gasteiger partial charge in [-0.3, -0.25) is 9.59 Å². The highest BCUT2D eigenvalue weighted by atomic mass is 16.2. The van der Waals surface area contributed by atoms with Gasteiger partial charge in [0.15, 0.2) is 5.82 Å². The van der Waals surface area contributed by atoms with Gasteiger partial charge in [-0.15, -0.1) is 0 Å². The first-order valence-corrected chi connectivity index (χ1v) is 11.6. The number of rotatable bonds is 6. The van der Waals surface area contributed by atoms with Crippen LogP contribution in [0.15, 0.2) is 91.4 Å². The number of aromatic nitrogens is 3. The van der Waals surface area contributed by atoms with Crippen molar-refractivity contribution in [1.82, 2.24) is 24.6 Å². The number of nitrogens with one attached hydrogen (secondary N) is 1. The van der Waals surface area contributed by atoms with Crippen molar-refractivity contribution >= 4 is 11.8 Å². The fourth-order valence-corrected chi connectivity index (χ4v) is 4.42. The quantitative estimate of drug-likeness (QED) is 0.482. The Labute approximate surface area is 198 Å². The molecule has 34 heavy (non-hydrogen) atoms. The fraction of sp³-hybridized carbons (Fsp3) is 0.222. The van der Waals surface area contributed by atoms with E-state index in [-0.39, 0.29) is 17.7 Å². The molecule has 1 fully saturated rings. The number of likely N-dealkylation sites (tertiary alicyclic amines) is 1. The van der Waals surface area contributed by atoms with Crippen LogP contribution in [-0.4, -0.2) is 44.2 Å². The monoisotopic (exact) mass is 453 g/mol. The summed E-state index contributed by atoms with van der Waals surface area (Å²) in [4.78, 5) is 28.0. The average Bonchev–Trinajstić information content (AvgIpc) is 3.58. The van der Waals surface area contributed by atoms with Gasteiger partial charge in [0.25, 0.3) is 5.91 Å². The number of para-hydroxylation sites is 1. The zero-order valence-corrected chi connectivity index (χ0v) is 18.9. The summed E-state index contributed by atoms with van der Waals surface area (Å²) < 4.78 is 3.70. The third-order valence-corrected chi connectivity index (χ3v) is 6.29. The lowest BCUT2D eigenvalue weighted by molar-refractivity contribution is -0.126. The number of nitrogens with zero attached hydrogens (tertiary/aromatic N) is 4. The highest BCUT2D eigenvalue weighted by Crippen LogP contribution is 2.24. The Kier molecular flexibility index (Phi) is 6.25. The molecule has 7 heteroatoms. The van der Waals surface area contributed by atoms with Crippen molar-refractivity contribution in [2.75, 3.05) is 13.1 Å². The molecule has 2 aromatic carbocycles. The molecule has 0 atom stereocenters. The van der Waals surface area contributed by atoms with Gasteiger partial charge >= 0.3 is 0 Å². The van der Waals surface area contributed by atoms with Crippen LogP contribution < -0.4 is 5.32 Å². The van der Waals surface area contributed by atoms with Crippen LogP contribution in [0.25, 0.3) is 11.5 Å². The van der Waals surface area contributed by atoms with Gasteiger partial charge in [-0.1, -0.05) is 48.5 Å². The lowest BCUT2D eigenvalue weighted by Gasteiger charge is -2.31. The largest absolute Gasteiger partial charge is 0.352 e. The van der Waals surface area contributed by atoms with E-state index in [0.29, 0.717) is 43.9 Å². The average molecular weight is 454 g/mol. The molecule has 1 aliphatic rings. The SMILES string of the molecule is O=C(NCc1ccccc1)C1CCN(C(=O)c2cnn(-c3ccccc3)c2-n2cccc2)CC1. The molecule has 0 radical (unpaired) electrons. The van der Waals surface area contributed by atoms with Gasteiger partial charge < -0.3 is 14.8 Å². The summed E-state index contributed by atoms with van der Waals surface area (Å²) in [6, 6.07) is 23.5. The fourth-order valence-electron chi connectivity index (χ4n) is 4.42. The van der Waals surface area contributed by atoms with E-state index in [2.05, 4.69) is 10.4 Å². The Morgan fingerprint density at radius 1 is 0.882 bits per heavy atom. The first-order valence-electron chi connectivity index (χ1n) is 11.6. The van der Waals surface area contributed by atoms with Crippen molar-refractivity contribution in [2.45, 2.75) is 19.4 Å². The number of carbonyl (C=O) groups excluding carboxylic acids is 2. The van der Waals surface area contributed by atoms with Gasteiger partial charge in [-0.05, 0) is 42.7 Å². The molecule has 1 saturated heterocycles. The molecule has 5 rings (SSSR count). The van der Waals surface area contributed by atoms with Crippen LogP contribution in [0, 0.1) is 5.92 Å². The van der Waals surface area contributed by atoms with Crippen LogP contribution >= 0.6 is 0 Å². The topological polar surface area (TPSA) is 72.2 Å². The standard InChI is InChI=1S/C27H27N5O2/c33-25(28-19-21-9-3-1-4-10-21)22-13-17-31(18-14-22)27(34)24-20-29-32(23-11-5-2-6-12-23)26(24)30-15-7-8-16-30/h1-12,15-16,20,22H,13-14,17-19H2,(H,28,33). The minimum atomic E-state index is -0.0799. The van der Waals surface area contributed by atoms with Gasteiger partial charge in [0.1, 0.15) is 5.56 Å². The predicted octanol–water partition coefficient (Wildman–Crippen LogP) is 3.83. The van der Waals surface area contributed by atoms with E-state index in [1.54, 1.807) is 10.9 Å². The highest BCUT2D eigenvalue weighted by molar-refractivity contribution is 5.97. The van der Waals surface area contributed by atoms with Gasteiger partial charge in [-0.25, -0.2) is 4.68 Å². The third-order valence-electron chi connectivity index (χ3n) is 6.29. The first kappa shape index (κ1) is 21.7. The summed E-state index contributed by atoms with van der Waals surface area (Å²) in [6.07, 6.45) is 6.77. The van der Waals surface area contributed by atoms with Crippen LogP contribution in [0.5, 0.6) is 0 Å². The van der Waals surface area contributed by atoms with Gasteiger partial charge in [0, 0.05) is 37.9 Å². The number of amides is 2. The van der Waals surface area contributed by atoms with E-state index in [9.17, 15) is 9.59 Å². The molecule has 2 aromatic heterocycles. The minimum Gasteiger partial charge on any atom is -0.352 e. The van der Waals surface area contributed by atoms with E-state index in [1.165, 1.54) is 0 Å². The van der Waals surface area contributed by atoms with E-state index in [4.69, 9.17) is 0 Å². The maximum atomic E-state index is 13.5. The van der Waals surface area contributed by atoms with Crippen LogP contribution in [0.2, 0.25) is 0 Å². The molecule has 0 unspecified atom stereocenters.